The fraction of sp³-hybridized carbons (Fsp3) is 0.0833. The van der Waals surface area contributed by atoms with Crippen LogP contribution in [0.3, 0.4) is 0 Å². The van der Waals surface area contributed by atoms with Crippen LogP contribution in [0.4, 0.5) is 0 Å². The third-order valence-electron chi connectivity index (χ3n) is 2.16. The average molecular weight is 186 g/mol. The summed E-state index contributed by atoms with van der Waals surface area (Å²) in [6.45, 7) is 1.96. The largest absolute Gasteiger partial charge is 0.0846 e. The molecule has 0 heterocycles. The minimum atomic E-state index is 0.950. The quantitative estimate of drug-likeness (QED) is 0.484. The highest BCUT2D eigenvalue weighted by Crippen LogP contribution is 2.15. The van der Waals surface area contributed by atoms with Gasteiger partial charge < -0.3 is 0 Å². The maximum Gasteiger partial charge on any atom is 0.0193 e. The Hall–Kier alpha value is -1.21. The van der Waals surface area contributed by atoms with Gasteiger partial charge in [0.15, 0.2) is 0 Å². The second-order valence-electron chi connectivity index (χ2n) is 3.12. The van der Waals surface area contributed by atoms with Crippen molar-refractivity contribution < 1.29 is 0 Å². The van der Waals surface area contributed by atoms with Crippen LogP contribution in [-0.2, 0) is 0 Å². The van der Waals surface area contributed by atoms with Crippen molar-refractivity contribution in [3.05, 3.63) is 48.0 Å². The van der Waals surface area contributed by atoms with Crippen LogP contribution in [-0.4, -0.2) is 4.86 Å². The Morgan fingerprint density at radius 3 is 2.38 bits per heavy atom. The van der Waals surface area contributed by atoms with Crippen LogP contribution in [0.25, 0.3) is 10.8 Å². The van der Waals surface area contributed by atoms with Crippen molar-refractivity contribution in [1.82, 2.24) is 0 Å². The summed E-state index contributed by atoms with van der Waals surface area (Å²) < 4.78 is 0. The Kier molecular flexibility index (Phi) is 2.11. The lowest BCUT2D eigenvalue weighted by Gasteiger charge is -2.00. The molecule has 64 valence electrons. The third kappa shape index (κ3) is 1.61. The van der Waals surface area contributed by atoms with E-state index in [9.17, 15) is 0 Å². The van der Waals surface area contributed by atoms with Gasteiger partial charge in [-0.25, -0.2) is 0 Å². The molecule has 0 spiro atoms. The topological polar surface area (TPSA) is 0 Å². The molecule has 2 rings (SSSR count). The summed E-state index contributed by atoms with van der Waals surface area (Å²) >= 11 is 5.12. The molecule has 0 radical (unpaired) electrons. The molecule has 0 nitrogen and oxygen atoms in total. The van der Waals surface area contributed by atoms with Gasteiger partial charge in [-0.05, 0) is 29.3 Å². The van der Waals surface area contributed by atoms with Crippen LogP contribution in [0.15, 0.2) is 42.5 Å². The van der Waals surface area contributed by atoms with Crippen molar-refractivity contribution in [3.63, 3.8) is 0 Å². The molecule has 0 amide bonds. The summed E-state index contributed by atoms with van der Waals surface area (Å²) in [6, 6.07) is 14.6. The first kappa shape index (κ1) is 8.39. The molecule has 0 saturated carbocycles. The van der Waals surface area contributed by atoms with E-state index in [4.69, 9.17) is 12.2 Å². The second-order valence-corrected chi connectivity index (χ2v) is 3.73. The van der Waals surface area contributed by atoms with Gasteiger partial charge in [-0.2, -0.15) is 0 Å². The highest BCUT2D eigenvalue weighted by Gasteiger charge is 1.96. The number of thiocarbonyl (C=S) groups is 1. The number of fused-ring (bicyclic) bond motifs is 1. The highest BCUT2D eigenvalue weighted by atomic mass is 32.1. The molecule has 0 N–H and O–H groups in total. The van der Waals surface area contributed by atoms with Gasteiger partial charge in [0.05, 0.1) is 0 Å². The smallest absolute Gasteiger partial charge is 0.0193 e. The molecule has 0 aliphatic rings. The van der Waals surface area contributed by atoms with Gasteiger partial charge >= 0.3 is 0 Å². The number of hydrogen-bond acceptors (Lipinski definition) is 1. The van der Waals surface area contributed by atoms with Crippen LogP contribution in [0.1, 0.15) is 12.5 Å². The lowest BCUT2D eigenvalue weighted by atomic mass is 10.1. The van der Waals surface area contributed by atoms with Crippen molar-refractivity contribution in [2.45, 2.75) is 6.92 Å². The van der Waals surface area contributed by atoms with Gasteiger partial charge in [0.25, 0.3) is 0 Å². The van der Waals surface area contributed by atoms with E-state index in [0.29, 0.717) is 0 Å². The van der Waals surface area contributed by atoms with Gasteiger partial charge in [0.1, 0.15) is 0 Å². The summed E-state index contributed by atoms with van der Waals surface area (Å²) in [5.41, 5.74) is 1.15. The molecule has 0 saturated heterocycles. The zero-order valence-electron chi connectivity index (χ0n) is 7.45. The SMILES string of the molecule is CC(=S)c1ccc2ccccc2c1. The zero-order chi connectivity index (χ0) is 9.26. The van der Waals surface area contributed by atoms with E-state index in [1.165, 1.54) is 10.8 Å². The fourth-order valence-corrected chi connectivity index (χ4v) is 1.54. The molecule has 0 fully saturated rings. The van der Waals surface area contributed by atoms with Crippen LogP contribution in [0.2, 0.25) is 0 Å². The van der Waals surface area contributed by atoms with Gasteiger partial charge in [-0.1, -0.05) is 48.6 Å². The monoisotopic (exact) mass is 186 g/mol. The summed E-state index contributed by atoms with van der Waals surface area (Å²) in [6.07, 6.45) is 0. The Labute approximate surface area is 83.2 Å². The number of hydrogen-bond donors (Lipinski definition) is 0. The summed E-state index contributed by atoms with van der Waals surface area (Å²) in [5.74, 6) is 0. The standard InChI is InChI=1S/C12H10S/c1-9(13)11-7-6-10-4-2-3-5-12(10)8-11/h2-8H,1H3. The first-order valence-electron chi connectivity index (χ1n) is 4.27. The van der Waals surface area contributed by atoms with Crippen molar-refractivity contribution in [2.75, 3.05) is 0 Å². The zero-order valence-corrected chi connectivity index (χ0v) is 8.27. The van der Waals surface area contributed by atoms with Crippen molar-refractivity contribution in [1.29, 1.82) is 0 Å². The molecule has 0 unspecified atom stereocenters. The predicted octanol–water partition coefficient (Wildman–Crippen LogP) is 3.58. The fourth-order valence-electron chi connectivity index (χ4n) is 1.41. The maximum atomic E-state index is 5.12. The van der Waals surface area contributed by atoms with E-state index in [-0.39, 0.29) is 0 Å². The van der Waals surface area contributed by atoms with Gasteiger partial charge in [0.2, 0.25) is 0 Å². The van der Waals surface area contributed by atoms with Gasteiger partial charge in [-0.3, -0.25) is 0 Å². The number of rotatable bonds is 1. The first-order valence-corrected chi connectivity index (χ1v) is 4.68. The van der Waals surface area contributed by atoms with Crippen LogP contribution in [0.5, 0.6) is 0 Å². The van der Waals surface area contributed by atoms with Gasteiger partial charge in [0, 0.05) is 4.86 Å². The maximum absolute atomic E-state index is 5.12. The number of benzene rings is 2. The van der Waals surface area contributed by atoms with E-state index >= 15 is 0 Å². The minimum absolute atomic E-state index is 0.950. The lowest BCUT2D eigenvalue weighted by Crippen LogP contribution is -1.88. The molecule has 2 aromatic carbocycles. The first-order chi connectivity index (χ1) is 6.27. The van der Waals surface area contributed by atoms with Crippen LogP contribution >= 0.6 is 12.2 Å². The lowest BCUT2D eigenvalue weighted by molar-refractivity contribution is 1.70. The second kappa shape index (κ2) is 3.27. The molecule has 0 aromatic heterocycles. The van der Waals surface area contributed by atoms with E-state index in [1.807, 2.05) is 19.1 Å². The van der Waals surface area contributed by atoms with Gasteiger partial charge in [-0.15, -0.1) is 0 Å². The molecule has 0 atom stereocenters. The van der Waals surface area contributed by atoms with Crippen molar-refractivity contribution in [3.8, 4) is 0 Å². The van der Waals surface area contributed by atoms with E-state index in [2.05, 4.69) is 30.3 Å². The molecule has 0 bridgehead atoms. The average Bonchev–Trinajstić information content (AvgIpc) is 2.17. The van der Waals surface area contributed by atoms with E-state index < -0.39 is 0 Å². The normalized spacial score (nSPS) is 10.2. The highest BCUT2D eigenvalue weighted by molar-refractivity contribution is 7.80. The Morgan fingerprint density at radius 1 is 1.00 bits per heavy atom. The Morgan fingerprint density at radius 2 is 1.69 bits per heavy atom. The van der Waals surface area contributed by atoms with Crippen molar-refractivity contribution >= 4 is 27.9 Å². The molecule has 2 aromatic rings. The Bertz CT molecular complexity index is 457. The molecule has 0 aliphatic heterocycles. The molecule has 1 heteroatoms. The Balaban J connectivity index is 2.69. The summed E-state index contributed by atoms with van der Waals surface area (Å²) in [7, 11) is 0. The molecular formula is C12H10S. The minimum Gasteiger partial charge on any atom is -0.0846 e. The summed E-state index contributed by atoms with van der Waals surface area (Å²) in [5, 5.41) is 2.52. The molecule has 0 aliphatic carbocycles. The van der Waals surface area contributed by atoms with E-state index in [0.717, 1.165) is 10.4 Å². The van der Waals surface area contributed by atoms with E-state index in [1.54, 1.807) is 0 Å². The molecular weight excluding hydrogens is 176 g/mol. The molecule has 13 heavy (non-hydrogen) atoms. The predicted molar refractivity (Wildman–Crippen MR) is 61.3 cm³/mol. The van der Waals surface area contributed by atoms with Crippen molar-refractivity contribution in [2.24, 2.45) is 0 Å². The van der Waals surface area contributed by atoms with Crippen LogP contribution in [0, 0.1) is 0 Å². The third-order valence-corrected chi connectivity index (χ3v) is 2.39. The van der Waals surface area contributed by atoms with Crippen LogP contribution < -0.4 is 0 Å². The summed E-state index contributed by atoms with van der Waals surface area (Å²) in [4.78, 5) is 0.950.